The number of amides is 1. The van der Waals surface area contributed by atoms with Gasteiger partial charge in [-0.25, -0.2) is 8.42 Å². The minimum atomic E-state index is -3.74. The largest absolute Gasteiger partial charge is 0.360 e. The lowest BCUT2D eigenvalue weighted by atomic mass is 10.2. The van der Waals surface area contributed by atoms with Crippen LogP contribution in [-0.2, 0) is 14.8 Å². The predicted octanol–water partition coefficient (Wildman–Crippen LogP) is 3.19. The van der Waals surface area contributed by atoms with E-state index in [1.807, 2.05) is 0 Å². The molecule has 1 aromatic carbocycles. The first kappa shape index (κ1) is 20.1. The van der Waals surface area contributed by atoms with E-state index in [4.69, 9.17) is 4.52 Å². The van der Waals surface area contributed by atoms with Crippen molar-refractivity contribution in [3.8, 4) is 0 Å². The molecule has 0 spiro atoms. The highest BCUT2D eigenvalue weighted by Gasteiger charge is 2.26. The second-order valence-electron chi connectivity index (χ2n) is 6.08. The minimum absolute atomic E-state index is 0.181. The van der Waals surface area contributed by atoms with Crippen LogP contribution in [0.3, 0.4) is 0 Å². The van der Waals surface area contributed by atoms with Gasteiger partial charge in [0.05, 0.1) is 11.4 Å². The van der Waals surface area contributed by atoms with Crippen LogP contribution >= 0.6 is 0 Å². The first-order valence-electron chi connectivity index (χ1n) is 8.72. The van der Waals surface area contributed by atoms with Crippen molar-refractivity contribution in [3.63, 3.8) is 0 Å². The fourth-order valence-electron chi connectivity index (χ4n) is 2.51. The molecule has 2 aromatic rings. The standard InChI is InChI=1S/C18H25N3O4S/c1-3-4-5-9-12-21(26(23,24)16-10-7-6-8-11-16)14-18(22)19-17-13-15(2)25-20-17/h6-8,10-11,13H,3-5,9,12,14H2,1-2H3,(H,19,20,22). The Labute approximate surface area is 154 Å². The molecule has 7 nitrogen and oxygen atoms in total. The maximum Gasteiger partial charge on any atom is 0.243 e. The van der Waals surface area contributed by atoms with Gasteiger partial charge >= 0.3 is 0 Å². The summed E-state index contributed by atoms with van der Waals surface area (Å²) in [6.45, 7) is 3.83. The maximum absolute atomic E-state index is 12.9. The van der Waals surface area contributed by atoms with E-state index in [2.05, 4.69) is 17.4 Å². The van der Waals surface area contributed by atoms with Gasteiger partial charge in [-0.15, -0.1) is 0 Å². The van der Waals surface area contributed by atoms with Crippen molar-refractivity contribution in [2.24, 2.45) is 0 Å². The van der Waals surface area contributed by atoms with Gasteiger partial charge in [0.1, 0.15) is 5.76 Å². The van der Waals surface area contributed by atoms with Crippen LogP contribution in [0.5, 0.6) is 0 Å². The maximum atomic E-state index is 12.9. The van der Waals surface area contributed by atoms with Gasteiger partial charge in [-0.2, -0.15) is 4.31 Å². The van der Waals surface area contributed by atoms with Crippen molar-refractivity contribution in [2.45, 2.75) is 44.4 Å². The lowest BCUT2D eigenvalue weighted by Gasteiger charge is -2.21. The smallest absolute Gasteiger partial charge is 0.243 e. The van der Waals surface area contributed by atoms with Gasteiger partial charge in [0, 0.05) is 12.6 Å². The van der Waals surface area contributed by atoms with E-state index < -0.39 is 15.9 Å². The molecule has 0 radical (unpaired) electrons. The Morgan fingerprint density at radius 1 is 1.19 bits per heavy atom. The van der Waals surface area contributed by atoms with E-state index in [9.17, 15) is 13.2 Å². The molecular formula is C18H25N3O4S. The third kappa shape index (κ3) is 5.67. The van der Waals surface area contributed by atoms with Crippen LogP contribution in [0.15, 0.2) is 45.8 Å². The van der Waals surface area contributed by atoms with Gasteiger partial charge in [-0.3, -0.25) is 4.79 Å². The van der Waals surface area contributed by atoms with Crippen LogP contribution in [0.1, 0.15) is 38.4 Å². The molecule has 1 amide bonds. The number of hydrogen-bond donors (Lipinski definition) is 1. The Kier molecular flexibility index (Phi) is 7.35. The minimum Gasteiger partial charge on any atom is -0.360 e. The van der Waals surface area contributed by atoms with Crippen molar-refractivity contribution in [1.29, 1.82) is 0 Å². The molecule has 0 aliphatic carbocycles. The van der Waals surface area contributed by atoms with Crippen molar-refractivity contribution >= 4 is 21.7 Å². The summed E-state index contributed by atoms with van der Waals surface area (Å²) in [5, 5.41) is 6.26. The van der Waals surface area contributed by atoms with E-state index in [1.54, 1.807) is 31.2 Å². The lowest BCUT2D eigenvalue weighted by molar-refractivity contribution is -0.116. The van der Waals surface area contributed by atoms with Crippen LogP contribution in [0.25, 0.3) is 0 Å². The van der Waals surface area contributed by atoms with Crippen LogP contribution in [-0.4, -0.2) is 36.9 Å². The molecule has 0 aliphatic rings. The number of benzene rings is 1. The van der Waals surface area contributed by atoms with Crippen molar-refractivity contribution in [2.75, 3.05) is 18.4 Å². The number of carbonyl (C=O) groups excluding carboxylic acids is 1. The average Bonchev–Trinajstić information content (AvgIpc) is 3.03. The Morgan fingerprint density at radius 3 is 2.54 bits per heavy atom. The SMILES string of the molecule is CCCCCCN(CC(=O)Nc1cc(C)on1)S(=O)(=O)c1ccccc1. The summed E-state index contributed by atoms with van der Waals surface area (Å²) >= 11 is 0. The van der Waals surface area contributed by atoms with E-state index in [0.29, 0.717) is 18.7 Å². The summed E-state index contributed by atoms with van der Waals surface area (Å²) in [5.74, 6) is 0.387. The van der Waals surface area contributed by atoms with Gasteiger partial charge in [0.2, 0.25) is 15.9 Å². The first-order valence-corrected chi connectivity index (χ1v) is 10.2. The molecule has 2 rings (SSSR count). The zero-order chi connectivity index (χ0) is 19.0. The molecule has 0 saturated heterocycles. The Morgan fingerprint density at radius 2 is 1.92 bits per heavy atom. The number of nitrogens with zero attached hydrogens (tertiary/aromatic N) is 2. The third-order valence-corrected chi connectivity index (χ3v) is 5.72. The second kappa shape index (κ2) is 9.49. The van der Waals surface area contributed by atoms with Gasteiger partial charge in [-0.05, 0) is 25.5 Å². The monoisotopic (exact) mass is 379 g/mol. The topological polar surface area (TPSA) is 92.5 Å². The molecule has 0 saturated carbocycles. The van der Waals surface area contributed by atoms with Crippen molar-refractivity contribution in [1.82, 2.24) is 9.46 Å². The summed E-state index contributed by atoms with van der Waals surface area (Å²) in [6, 6.07) is 9.74. The average molecular weight is 379 g/mol. The Balaban J connectivity index is 2.11. The first-order chi connectivity index (χ1) is 12.4. The number of nitrogens with one attached hydrogen (secondary N) is 1. The number of unbranched alkanes of at least 4 members (excludes halogenated alkanes) is 3. The Hall–Kier alpha value is -2.19. The fourth-order valence-corrected chi connectivity index (χ4v) is 3.96. The molecule has 0 aliphatic heterocycles. The van der Waals surface area contributed by atoms with Crippen molar-refractivity contribution in [3.05, 3.63) is 42.2 Å². The molecule has 142 valence electrons. The number of carbonyl (C=O) groups is 1. The third-order valence-electron chi connectivity index (χ3n) is 3.86. The number of rotatable bonds is 10. The molecular weight excluding hydrogens is 354 g/mol. The van der Waals surface area contributed by atoms with Crippen LogP contribution < -0.4 is 5.32 Å². The number of anilines is 1. The number of aromatic nitrogens is 1. The zero-order valence-corrected chi connectivity index (χ0v) is 16.0. The molecule has 1 heterocycles. The molecule has 26 heavy (non-hydrogen) atoms. The fraction of sp³-hybridized carbons (Fsp3) is 0.444. The molecule has 0 bridgehead atoms. The predicted molar refractivity (Wildman–Crippen MR) is 99.2 cm³/mol. The molecule has 0 unspecified atom stereocenters. The molecule has 0 atom stereocenters. The summed E-state index contributed by atoms with van der Waals surface area (Å²) in [5.41, 5.74) is 0. The molecule has 1 aromatic heterocycles. The summed E-state index contributed by atoms with van der Waals surface area (Å²) in [6.07, 6.45) is 3.71. The molecule has 0 fully saturated rings. The quantitative estimate of drug-likeness (QED) is 0.640. The molecule has 1 N–H and O–H groups in total. The molecule has 8 heteroatoms. The van der Waals surface area contributed by atoms with Gasteiger partial charge in [0.25, 0.3) is 0 Å². The van der Waals surface area contributed by atoms with E-state index in [1.165, 1.54) is 16.4 Å². The van der Waals surface area contributed by atoms with Crippen LogP contribution in [0.2, 0.25) is 0 Å². The lowest BCUT2D eigenvalue weighted by Crippen LogP contribution is -2.38. The normalized spacial score (nSPS) is 11.7. The summed E-state index contributed by atoms with van der Waals surface area (Å²) < 4.78 is 31.9. The Bertz CT molecular complexity index is 803. The number of hydrogen-bond acceptors (Lipinski definition) is 5. The number of sulfonamides is 1. The summed E-state index contributed by atoms with van der Waals surface area (Å²) in [4.78, 5) is 12.5. The zero-order valence-electron chi connectivity index (χ0n) is 15.1. The van der Waals surface area contributed by atoms with Gasteiger partial charge in [0.15, 0.2) is 5.82 Å². The van der Waals surface area contributed by atoms with E-state index in [0.717, 1.165) is 19.3 Å². The highest BCUT2D eigenvalue weighted by molar-refractivity contribution is 7.89. The van der Waals surface area contributed by atoms with E-state index >= 15 is 0 Å². The van der Waals surface area contributed by atoms with Crippen molar-refractivity contribution < 1.29 is 17.7 Å². The van der Waals surface area contributed by atoms with E-state index in [-0.39, 0.29) is 17.3 Å². The summed E-state index contributed by atoms with van der Waals surface area (Å²) in [7, 11) is -3.74. The van der Waals surface area contributed by atoms with Gasteiger partial charge in [-0.1, -0.05) is 49.5 Å². The highest BCUT2D eigenvalue weighted by atomic mass is 32.2. The van der Waals surface area contributed by atoms with Crippen LogP contribution in [0.4, 0.5) is 5.82 Å². The second-order valence-corrected chi connectivity index (χ2v) is 8.02. The van der Waals surface area contributed by atoms with Crippen LogP contribution in [0, 0.1) is 6.92 Å². The number of aryl methyl sites for hydroxylation is 1. The van der Waals surface area contributed by atoms with Gasteiger partial charge < -0.3 is 9.84 Å². The highest BCUT2D eigenvalue weighted by Crippen LogP contribution is 2.17.